The lowest BCUT2D eigenvalue weighted by Gasteiger charge is -2.16. The number of carbonyl (C=O) groups is 2. The van der Waals surface area contributed by atoms with E-state index in [4.69, 9.17) is 0 Å². The third-order valence-electron chi connectivity index (χ3n) is 4.88. The number of alkyl halides is 3. The third-order valence-corrected chi connectivity index (χ3v) is 6.40. The molecule has 170 valence electrons. The minimum Gasteiger partial charge on any atom is -0.321 e. The summed E-state index contributed by atoms with van der Waals surface area (Å²) in [6, 6.07) is 9.93. The van der Waals surface area contributed by atoms with Gasteiger partial charge in [0.1, 0.15) is 5.69 Å². The van der Waals surface area contributed by atoms with Gasteiger partial charge in [-0.05, 0) is 36.2 Å². The standard InChI is InChI=1S/C22H17F3N4O2S2/c1-2-15(12-4-3-5-13(8-12)22(23,24)25)19(30)29-21-28-16-7-6-14(9-18(16)33-21)27-20(31)17-10-32-11-26-17/h3-11,15H,2H2,1H3,(H,27,31)(H,28,29,30). The summed E-state index contributed by atoms with van der Waals surface area (Å²) in [6.45, 7) is 1.74. The number of amides is 2. The fourth-order valence-electron chi connectivity index (χ4n) is 3.27. The van der Waals surface area contributed by atoms with Crippen molar-refractivity contribution in [1.29, 1.82) is 0 Å². The molecule has 6 nitrogen and oxygen atoms in total. The number of carbonyl (C=O) groups excluding carboxylic acids is 2. The van der Waals surface area contributed by atoms with Gasteiger partial charge in [0.25, 0.3) is 5.91 Å². The van der Waals surface area contributed by atoms with Crippen LogP contribution in [0.15, 0.2) is 53.4 Å². The Morgan fingerprint density at radius 2 is 1.94 bits per heavy atom. The van der Waals surface area contributed by atoms with Crippen molar-refractivity contribution < 1.29 is 22.8 Å². The molecule has 11 heteroatoms. The Bertz CT molecular complexity index is 1300. The molecular weight excluding hydrogens is 473 g/mol. The van der Waals surface area contributed by atoms with Crippen molar-refractivity contribution >= 4 is 55.5 Å². The number of hydrogen-bond donors (Lipinski definition) is 2. The molecule has 0 spiro atoms. The van der Waals surface area contributed by atoms with E-state index < -0.39 is 23.6 Å². The van der Waals surface area contributed by atoms with Gasteiger partial charge in [0.15, 0.2) is 5.13 Å². The molecule has 33 heavy (non-hydrogen) atoms. The van der Waals surface area contributed by atoms with Crippen LogP contribution in [0.3, 0.4) is 0 Å². The lowest BCUT2D eigenvalue weighted by Crippen LogP contribution is -2.21. The van der Waals surface area contributed by atoms with Crippen LogP contribution < -0.4 is 10.6 Å². The topological polar surface area (TPSA) is 84.0 Å². The third kappa shape index (κ3) is 5.20. The lowest BCUT2D eigenvalue weighted by molar-refractivity contribution is -0.137. The Hall–Kier alpha value is -3.31. The van der Waals surface area contributed by atoms with Crippen molar-refractivity contribution in [3.05, 3.63) is 70.2 Å². The van der Waals surface area contributed by atoms with Gasteiger partial charge in [-0.2, -0.15) is 13.2 Å². The van der Waals surface area contributed by atoms with Gasteiger partial charge in [-0.15, -0.1) is 11.3 Å². The summed E-state index contributed by atoms with van der Waals surface area (Å²) in [5.41, 5.74) is 2.56. The molecule has 2 amide bonds. The van der Waals surface area contributed by atoms with Crippen molar-refractivity contribution in [2.24, 2.45) is 0 Å². The summed E-state index contributed by atoms with van der Waals surface area (Å²) in [5.74, 6) is -1.53. The van der Waals surface area contributed by atoms with Crippen LogP contribution in [0.1, 0.15) is 40.9 Å². The molecular formula is C22H17F3N4O2S2. The van der Waals surface area contributed by atoms with Gasteiger partial charge in [-0.1, -0.05) is 36.5 Å². The quantitative estimate of drug-likeness (QED) is 0.339. The number of fused-ring (bicyclic) bond motifs is 1. The average molecular weight is 491 g/mol. The Kier molecular flexibility index (Phi) is 6.43. The van der Waals surface area contributed by atoms with Crippen LogP contribution in [0.4, 0.5) is 24.0 Å². The molecule has 0 radical (unpaired) electrons. The molecule has 0 aliphatic carbocycles. The largest absolute Gasteiger partial charge is 0.416 e. The predicted molar refractivity (Wildman–Crippen MR) is 123 cm³/mol. The number of aromatic nitrogens is 2. The molecule has 0 aliphatic heterocycles. The SMILES string of the molecule is CCC(C(=O)Nc1nc2ccc(NC(=O)c3cscn3)cc2s1)c1cccc(C(F)(F)F)c1. The van der Waals surface area contributed by atoms with E-state index in [1.54, 1.807) is 36.0 Å². The van der Waals surface area contributed by atoms with E-state index in [1.807, 2.05) is 0 Å². The first-order valence-corrected chi connectivity index (χ1v) is 11.6. The van der Waals surface area contributed by atoms with Crippen molar-refractivity contribution in [2.45, 2.75) is 25.4 Å². The van der Waals surface area contributed by atoms with E-state index in [0.29, 0.717) is 28.5 Å². The summed E-state index contributed by atoms with van der Waals surface area (Å²) >= 11 is 2.53. The maximum absolute atomic E-state index is 13.1. The summed E-state index contributed by atoms with van der Waals surface area (Å²) in [4.78, 5) is 33.4. The van der Waals surface area contributed by atoms with Gasteiger partial charge in [0, 0.05) is 11.1 Å². The second-order valence-electron chi connectivity index (χ2n) is 7.10. The van der Waals surface area contributed by atoms with Gasteiger partial charge in [-0.3, -0.25) is 9.59 Å². The van der Waals surface area contributed by atoms with Crippen molar-refractivity contribution in [2.75, 3.05) is 10.6 Å². The highest BCUT2D eigenvalue weighted by molar-refractivity contribution is 7.22. The molecule has 2 aromatic heterocycles. The number of nitrogens with one attached hydrogen (secondary N) is 2. The first-order valence-electron chi connectivity index (χ1n) is 9.82. The summed E-state index contributed by atoms with van der Waals surface area (Å²) in [5, 5.41) is 7.43. The Labute approximate surface area is 194 Å². The number of anilines is 2. The van der Waals surface area contributed by atoms with E-state index >= 15 is 0 Å². The molecule has 4 aromatic rings. The molecule has 2 heterocycles. The van der Waals surface area contributed by atoms with Crippen molar-refractivity contribution in [1.82, 2.24) is 9.97 Å². The first-order chi connectivity index (χ1) is 15.7. The van der Waals surface area contributed by atoms with Crippen LogP contribution in [-0.2, 0) is 11.0 Å². The molecule has 4 rings (SSSR count). The lowest BCUT2D eigenvalue weighted by atomic mass is 9.94. The van der Waals surface area contributed by atoms with E-state index in [0.717, 1.165) is 16.8 Å². The average Bonchev–Trinajstić information content (AvgIpc) is 3.43. The Morgan fingerprint density at radius 1 is 1.12 bits per heavy atom. The second kappa shape index (κ2) is 9.28. The number of nitrogens with zero attached hydrogens (tertiary/aromatic N) is 2. The van der Waals surface area contributed by atoms with Crippen molar-refractivity contribution in [3.8, 4) is 0 Å². The van der Waals surface area contributed by atoms with Crippen LogP contribution in [-0.4, -0.2) is 21.8 Å². The van der Waals surface area contributed by atoms with Crippen LogP contribution in [0.2, 0.25) is 0 Å². The summed E-state index contributed by atoms with van der Waals surface area (Å²) in [6.07, 6.45) is -4.16. The summed E-state index contributed by atoms with van der Waals surface area (Å²) in [7, 11) is 0. The molecule has 1 unspecified atom stereocenters. The number of hydrogen-bond acceptors (Lipinski definition) is 6. The molecule has 0 aliphatic rings. The molecule has 0 fully saturated rings. The second-order valence-corrected chi connectivity index (χ2v) is 8.85. The molecule has 2 aromatic carbocycles. The van der Waals surface area contributed by atoms with E-state index in [-0.39, 0.29) is 11.5 Å². The normalized spacial score (nSPS) is 12.5. The molecule has 0 saturated heterocycles. The minimum absolute atomic E-state index is 0.290. The van der Waals surface area contributed by atoms with Gasteiger partial charge < -0.3 is 10.6 Å². The number of benzene rings is 2. The van der Waals surface area contributed by atoms with Crippen LogP contribution in [0.25, 0.3) is 10.2 Å². The van der Waals surface area contributed by atoms with Gasteiger partial charge in [0.05, 0.1) is 27.2 Å². The zero-order valence-electron chi connectivity index (χ0n) is 17.1. The minimum atomic E-state index is -4.48. The van der Waals surface area contributed by atoms with Gasteiger partial charge in [0.2, 0.25) is 5.91 Å². The summed E-state index contributed by atoms with van der Waals surface area (Å²) < 4.78 is 39.9. The maximum atomic E-state index is 13.1. The molecule has 2 N–H and O–H groups in total. The van der Waals surface area contributed by atoms with E-state index in [1.165, 1.54) is 34.8 Å². The van der Waals surface area contributed by atoms with Crippen LogP contribution in [0.5, 0.6) is 0 Å². The monoisotopic (exact) mass is 490 g/mol. The van der Waals surface area contributed by atoms with Crippen LogP contribution in [0, 0.1) is 0 Å². The zero-order chi connectivity index (χ0) is 23.6. The zero-order valence-corrected chi connectivity index (χ0v) is 18.8. The predicted octanol–water partition coefficient (Wildman–Crippen LogP) is 6.16. The van der Waals surface area contributed by atoms with E-state index in [9.17, 15) is 22.8 Å². The molecule has 1 atom stereocenters. The smallest absolute Gasteiger partial charge is 0.321 e. The fourth-order valence-corrected chi connectivity index (χ4v) is 4.71. The number of halogens is 3. The van der Waals surface area contributed by atoms with E-state index in [2.05, 4.69) is 20.6 Å². The first kappa shape index (κ1) is 22.9. The fraction of sp³-hybridized carbons (Fsp3) is 0.182. The molecule has 0 saturated carbocycles. The van der Waals surface area contributed by atoms with Crippen LogP contribution >= 0.6 is 22.7 Å². The van der Waals surface area contributed by atoms with Gasteiger partial charge >= 0.3 is 6.18 Å². The van der Waals surface area contributed by atoms with Crippen molar-refractivity contribution in [3.63, 3.8) is 0 Å². The number of thiazole rings is 2. The highest BCUT2D eigenvalue weighted by Gasteiger charge is 2.31. The highest BCUT2D eigenvalue weighted by atomic mass is 32.1. The Balaban J connectivity index is 1.51. The maximum Gasteiger partial charge on any atom is 0.416 e. The number of rotatable bonds is 6. The van der Waals surface area contributed by atoms with Gasteiger partial charge in [-0.25, -0.2) is 9.97 Å². The Morgan fingerprint density at radius 3 is 2.64 bits per heavy atom. The molecule has 0 bridgehead atoms. The highest BCUT2D eigenvalue weighted by Crippen LogP contribution is 2.33.